The third-order valence-electron chi connectivity index (χ3n) is 7.28. The number of aliphatic imine (C=N–C) groups is 1. The molecule has 0 radical (unpaired) electrons. The highest BCUT2D eigenvalue weighted by molar-refractivity contribution is 6.06. The van der Waals surface area contributed by atoms with Crippen molar-refractivity contribution in [2.45, 2.75) is 108 Å². The van der Waals surface area contributed by atoms with Gasteiger partial charge in [0.15, 0.2) is 5.96 Å². The Labute approximate surface area is 171 Å². The second-order valence-electron chi connectivity index (χ2n) is 9.49. The number of nitrogens with zero attached hydrogens (tertiary/aromatic N) is 2. The predicted molar refractivity (Wildman–Crippen MR) is 114 cm³/mol. The first kappa shape index (κ1) is 21.6. The second-order valence-corrected chi connectivity index (χ2v) is 9.49. The fourth-order valence-electron chi connectivity index (χ4n) is 5.53. The molecular weight excluding hydrogens is 350 g/mol. The van der Waals surface area contributed by atoms with Crippen LogP contribution in [-0.2, 0) is 9.53 Å². The lowest BCUT2D eigenvalue weighted by molar-refractivity contribution is -0.131. The van der Waals surface area contributed by atoms with Gasteiger partial charge >= 0.3 is 0 Å². The lowest BCUT2D eigenvalue weighted by Gasteiger charge is -2.35. The fourth-order valence-corrected chi connectivity index (χ4v) is 5.53. The lowest BCUT2D eigenvalue weighted by Crippen LogP contribution is -2.44. The molecule has 160 valence electrons. The number of unbranched alkanes of at least 4 members (excludes halogenated alkanes) is 1. The summed E-state index contributed by atoms with van der Waals surface area (Å²) >= 11 is 0. The molecule has 2 aliphatic carbocycles. The summed E-state index contributed by atoms with van der Waals surface area (Å²) in [6.07, 6.45) is 16.8. The second kappa shape index (κ2) is 10.1. The van der Waals surface area contributed by atoms with E-state index in [0.717, 1.165) is 51.0 Å². The summed E-state index contributed by atoms with van der Waals surface area (Å²) in [5, 5.41) is 0. The monoisotopic (exact) mass is 391 g/mol. The van der Waals surface area contributed by atoms with Gasteiger partial charge in [0.1, 0.15) is 5.54 Å². The maximum absolute atomic E-state index is 13.2. The number of carbonyl (C=O) groups is 1. The van der Waals surface area contributed by atoms with Gasteiger partial charge in [-0.2, -0.15) is 0 Å². The van der Waals surface area contributed by atoms with Gasteiger partial charge in [-0.05, 0) is 50.4 Å². The van der Waals surface area contributed by atoms with E-state index in [1.807, 2.05) is 0 Å². The number of guanidine groups is 1. The van der Waals surface area contributed by atoms with Crippen LogP contribution in [0, 0.1) is 11.8 Å². The van der Waals surface area contributed by atoms with Crippen LogP contribution in [0.15, 0.2) is 4.99 Å². The maximum atomic E-state index is 13.2. The Hall–Kier alpha value is -1.10. The van der Waals surface area contributed by atoms with Gasteiger partial charge in [0.05, 0.1) is 6.10 Å². The van der Waals surface area contributed by atoms with Crippen molar-refractivity contribution in [1.82, 2.24) is 4.90 Å². The highest BCUT2D eigenvalue weighted by Crippen LogP contribution is 2.40. The minimum Gasteiger partial charge on any atom is -0.378 e. The molecule has 0 bridgehead atoms. The molecule has 0 unspecified atom stereocenters. The largest absolute Gasteiger partial charge is 0.378 e. The van der Waals surface area contributed by atoms with E-state index in [2.05, 4.69) is 6.92 Å². The smallest absolute Gasteiger partial charge is 0.257 e. The highest BCUT2D eigenvalue weighted by Gasteiger charge is 2.48. The van der Waals surface area contributed by atoms with Crippen LogP contribution in [0.1, 0.15) is 96.8 Å². The molecule has 5 heteroatoms. The number of likely N-dealkylation sites (N-methyl/N-ethyl adjacent to an activating group) is 1. The van der Waals surface area contributed by atoms with Gasteiger partial charge in [-0.25, -0.2) is 4.99 Å². The summed E-state index contributed by atoms with van der Waals surface area (Å²) in [6, 6.07) is 0. The van der Waals surface area contributed by atoms with Crippen molar-refractivity contribution in [2.24, 2.45) is 22.6 Å². The molecule has 28 heavy (non-hydrogen) atoms. The quantitative estimate of drug-likeness (QED) is 0.582. The van der Waals surface area contributed by atoms with Crippen LogP contribution >= 0.6 is 0 Å². The first-order valence-corrected chi connectivity index (χ1v) is 11.8. The average molecular weight is 392 g/mol. The number of nitrogens with two attached hydrogens (primary N) is 1. The summed E-state index contributed by atoms with van der Waals surface area (Å²) in [6.45, 7) is 3.07. The molecule has 1 amide bonds. The predicted octanol–water partition coefficient (Wildman–Crippen LogP) is 4.64. The molecule has 0 aromatic rings. The summed E-state index contributed by atoms with van der Waals surface area (Å²) in [4.78, 5) is 19.5. The zero-order chi connectivity index (χ0) is 20.0. The minimum absolute atomic E-state index is 0.120. The number of carbonyl (C=O) groups excluding carboxylic acids is 1. The van der Waals surface area contributed by atoms with Gasteiger partial charge in [-0.15, -0.1) is 0 Å². The number of hydrogen-bond acceptors (Lipinski definition) is 4. The number of rotatable bonds is 9. The molecule has 2 saturated carbocycles. The van der Waals surface area contributed by atoms with Gasteiger partial charge < -0.3 is 10.5 Å². The first-order chi connectivity index (χ1) is 13.5. The molecule has 2 N–H and O–H groups in total. The van der Waals surface area contributed by atoms with Crippen molar-refractivity contribution in [3.8, 4) is 0 Å². The Balaban J connectivity index is 1.63. The Morgan fingerprint density at radius 2 is 1.89 bits per heavy atom. The van der Waals surface area contributed by atoms with E-state index in [9.17, 15) is 4.79 Å². The molecule has 0 saturated heterocycles. The summed E-state index contributed by atoms with van der Waals surface area (Å²) in [5.41, 5.74) is 5.48. The highest BCUT2D eigenvalue weighted by atomic mass is 16.5. The standard InChI is InChI=1S/C23H41N3O2/c1-3-4-15-28-20-12-8-11-19(16-20)17-23(21(27)26(2)22(24)25-23)14-13-18-9-6-5-7-10-18/h18-20H,3-17H2,1-2H3,(H2,24,25)/t19-,20+,23-/m1/s1. The van der Waals surface area contributed by atoms with Crippen molar-refractivity contribution in [1.29, 1.82) is 0 Å². The Kier molecular flexibility index (Phi) is 7.78. The van der Waals surface area contributed by atoms with Gasteiger partial charge in [-0.1, -0.05) is 58.3 Å². The van der Waals surface area contributed by atoms with Crippen LogP contribution in [-0.4, -0.2) is 42.1 Å². The summed E-state index contributed by atoms with van der Waals surface area (Å²) in [7, 11) is 1.78. The van der Waals surface area contributed by atoms with Gasteiger partial charge in [0.2, 0.25) is 0 Å². The van der Waals surface area contributed by atoms with Crippen LogP contribution in [0.5, 0.6) is 0 Å². The van der Waals surface area contributed by atoms with Crippen molar-refractivity contribution >= 4 is 11.9 Å². The van der Waals surface area contributed by atoms with Crippen molar-refractivity contribution in [2.75, 3.05) is 13.7 Å². The minimum atomic E-state index is -0.619. The van der Waals surface area contributed by atoms with Crippen molar-refractivity contribution < 1.29 is 9.53 Å². The Morgan fingerprint density at radius 1 is 1.14 bits per heavy atom. The topological polar surface area (TPSA) is 67.9 Å². The van der Waals surface area contributed by atoms with Crippen LogP contribution in [0.4, 0.5) is 0 Å². The normalized spacial score (nSPS) is 32.0. The van der Waals surface area contributed by atoms with E-state index < -0.39 is 5.54 Å². The Bertz CT molecular complexity index is 544. The van der Waals surface area contributed by atoms with E-state index >= 15 is 0 Å². The van der Waals surface area contributed by atoms with Crippen LogP contribution in [0.3, 0.4) is 0 Å². The molecule has 0 aromatic heterocycles. The third-order valence-corrected chi connectivity index (χ3v) is 7.28. The first-order valence-electron chi connectivity index (χ1n) is 11.8. The number of hydrogen-bond donors (Lipinski definition) is 1. The van der Waals surface area contributed by atoms with Crippen LogP contribution < -0.4 is 5.73 Å². The molecule has 0 spiro atoms. The Morgan fingerprint density at radius 3 is 2.57 bits per heavy atom. The van der Waals surface area contributed by atoms with E-state index in [1.54, 1.807) is 11.9 Å². The average Bonchev–Trinajstić information content (AvgIpc) is 2.92. The molecule has 1 aliphatic heterocycles. The summed E-state index contributed by atoms with van der Waals surface area (Å²) < 4.78 is 6.12. The van der Waals surface area contributed by atoms with E-state index in [4.69, 9.17) is 15.5 Å². The van der Waals surface area contributed by atoms with Gasteiger partial charge in [0, 0.05) is 13.7 Å². The molecule has 3 aliphatic rings. The summed E-state index contributed by atoms with van der Waals surface area (Å²) in [5.74, 6) is 1.80. The maximum Gasteiger partial charge on any atom is 0.257 e. The van der Waals surface area contributed by atoms with Crippen LogP contribution in [0.25, 0.3) is 0 Å². The zero-order valence-electron chi connectivity index (χ0n) is 18.1. The fraction of sp³-hybridized carbons (Fsp3) is 0.913. The molecule has 3 atom stereocenters. The lowest BCUT2D eigenvalue weighted by atomic mass is 9.74. The number of amides is 1. The molecular formula is C23H41N3O2. The third kappa shape index (κ3) is 5.28. The number of ether oxygens (including phenoxy) is 1. The molecule has 2 fully saturated rings. The molecule has 5 nitrogen and oxygen atoms in total. The van der Waals surface area contributed by atoms with E-state index in [1.165, 1.54) is 51.4 Å². The van der Waals surface area contributed by atoms with Crippen molar-refractivity contribution in [3.05, 3.63) is 0 Å². The van der Waals surface area contributed by atoms with E-state index in [0.29, 0.717) is 18.0 Å². The SMILES string of the molecule is CCCCO[C@H]1CCC[C@@H](C[C@@]2(CCC3CCCCC3)N=C(N)N(C)C2=O)C1. The van der Waals surface area contributed by atoms with Gasteiger partial charge in [0.25, 0.3) is 5.91 Å². The molecule has 1 heterocycles. The molecule has 0 aromatic carbocycles. The van der Waals surface area contributed by atoms with Gasteiger partial charge in [-0.3, -0.25) is 9.69 Å². The van der Waals surface area contributed by atoms with Crippen molar-refractivity contribution in [3.63, 3.8) is 0 Å². The van der Waals surface area contributed by atoms with E-state index in [-0.39, 0.29) is 5.91 Å². The zero-order valence-corrected chi connectivity index (χ0v) is 18.1. The van der Waals surface area contributed by atoms with Crippen LogP contribution in [0.2, 0.25) is 0 Å². The molecule has 3 rings (SSSR count).